The Hall–Kier alpha value is -3.21. The van der Waals surface area contributed by atoms with Crippen LogP contribution in [-0.2, 0) is 6.54 Å². The molecule has 3 aromatic rings. The lowest BCUT2D eigenvalue weighted by molar-refractivity contribution is 0.0668. The number of H-pyrrole nitrogens is 1. The van der Waals surface area contributed by atoms with Crippen molar-refractivity contribution < 1.29 is 4.79 Å². The van der Waals surface area contributed by atoms with Gasteiger partial charge in [-0.3, -0.25) is 14.6 Å². The summed E-state index contributed by atoms with van der Waals surface area (Å²) in [6, 6.07) is 18.2. The van der Waals surface area contributed by atoms with E-state index < -0.39 is 5.56 Å². The molecule has 5 nitrogen and oxygen atoms in total. The molecule has 126 valence electrons. The molecule has 2 aromatic heterocycles. The molecule has 0 fully saturated rings. The van der Waals surface area contributed by atoms with Gasteiger partial charge in [-0.15, -0.1) is 0 Å². The van der Waals surface area contributed by atoms with Crippen LogP contribution in [0.3, 0.4) is 0 Å². The maximum atomic E-state index is 13.1. The van der Waals surface area contributed by atoms with Crippen LogP contribution in [0.4, 0.5) is 0 Å². The number of aromatic nitrogens is 2. The van der Waals surface area contributed by atoms with E-state index in [9.17, 15) is 9.59 Å². The normalized spacial score (nSPS) is 11.7. The quantitative estimate of drug-likeness (QED) is 0.780. The lowest BCUT2D eigenvalue weighted by Gasteiger charge is -2.29. The Morgan fingerprint density at radius 1 is 1.08 bits per heavy atom. The number of nitrogens with zero attached hydrogens (tertiary/aromatic N) is 2. The average molecular weight is 333 g/mol. The maximum Gasteiger partial charge on any atom is 0.260 e. The lowest BCUT2D eigenvalue weighted by Crippen LogP contribution is -2.36. The second-order valence-electron chi connectivity index (χ2n) is 5.76. The number of hydrogen-bond acceptors (Lipinski definition) is 3. The molecular formula is C20H19N3O2. The Morgan fingerprint density at radius 2 is 1.84 bits per heavy atom. The van der Waals surface area contributed by atoms with Crippen molar-refractivity contribution in [1.29, 1.82) is 0 Å². The van der Waals surface area contributed by atoms with E-state index in [0.29, 0.717) is 6.54 Å². The first kappa shape index (κ1) is 16.6. The minimum Gasteiger partial charge on any atom is -0.328 e. The summed E-state index contributed by atoms with van der Waals surface area (Å²) in [5.74, 6) is -0.316. The second-order valence-corrected chi connectivity index (χ2v) is 5.76. The van der Waals surface area contributed by atoms with E-state index >= 15 is 0 Å². The summed E-state index contributed by atoms with van der Waals surface area (Å²) in [7, 11) is 0. The Morgan fingerprint density at radius 3 is 2.52 bits per heavy atom. The molecule has 0 saturated carbocycles. The summed E-state index contributed by atoms with van der Waals surface area (Å²) in [6.07, 6.45) is 3.22. The molecule has 0 radical (unpaired) electrons. The molecule has 1 aromatic carbocycles. The summed E-state index contributed by atoms with van der Waals surface area (Å²) in [4.78, 5) is 33.7. The second kappa shape index (κ2) is 7.57. The predicted octanol–water partition coefficient (Wildman–Crippen LogP) is 3.17. The number of nitrogens with one attached hydrogen (secondary N) is 1. The van der Waals surface area contributed by atoms with Gasteiger partial charge in [-0.25, -0.2) is 0 Å². The molecule has 0 aliphatic heterocycles. The number of carbonyl (C=O) groups is 1. The number of carbonyl (C=O) groups excluding carboxylic acids is 1. The number of pyridine rings is 2. The molecule has 0 aliphatic rings. The van der Waals surface area contributed by atoms with E-state index in [0.717, 1.165) is 11.3 Å². The van der Waals surface area contributed by atoms with E-state index in [-0.39, 0.29) is 17.5 Å². The smallest absolute Gasteiger partial charge is 0.260 e. The molecular weight excluding hydrogens is 314 g/mol. The zero-order chi connectivity index (χ0) is 17.6. The fourth-order valence-corrected chi connectivity index (χ4v) is 2.69. The van der Waals surface area contributed by atoms with E-state index in [1.807, 2.05) is 55.5 Å². The third-order valence-electron chi connectivity index (χ3n) is 4.09. The fraction of sp³-hybridized carbons (Fsp3) is 0.150. The SMILES string of the molecule is C[C@H](c1ccccn1)N(Cc1ccccc1)C(=O)c1ccc[nH]c1=O. The Balaban J connectivity index is 1.98. The molecule has 0 aliphatic carbocycles. The molecule has 5 heteroatoms. The van der Waals surface area contributed by atoms with Crippen LogP contribution in [0.15, 0.2) is 77.9 Å². The van der Waals surface area contributed by atoms with Crippen molar-refractivity contribution in [2.45, 2.75) is 19.5 Å². The van der Waals surface area contributed by atoms with E-state index in [1.54, 1.807) is 23.2 Å². The Kier molecular flexibility index (Phi) is 5.04. The number of aromatic amines is 1. The van der Waals surface area contributed by atoms with E-state index in [1.165, 1.54) is 6.20 Å². The van der Waals surface area contributed by atoms with Crippen molar-refractivity contribution in [3.8, 4) is 0 Å². The molecule has 1 amide bonds. The molecule has 0 bridgehead atoms. The highest BCUT2D eigenvalue weighted by molar-refractivity contribution is 5.94. The highest BCUT2D eigenvalue weighted by Gasteiger charge is 2.25. The summed E-state index contributed by atoms with van der Waals surface area (Å²) in [5, 5.41) is 0. The largest absolute Gasteiger partial charge is 0.328 e. The molecule has 3 rings (SSSR count). The van der Waals surface area contributed by atoms with Gasteiger partial charge in [0.1, 0.15) is 5.56 Å². The number of amides is 1. The van der Waals surface area contributed by atoms with Crippen molar-refractivity contribution >= 4 is 5.91 Å². The van der Waals surface area contributed by atoms with Gasteiger partial charge in [0.25, 0.3) is 11.5 Å². The van der Waals surface area contributed by atoms with E-state index in [4.69, 9.17) is 0 Å². The van der Waals surface area contributed by atoms with Crippen molar-refractivity contribution in [1.82, 2.24) is 14.9 Å². The summed E-state index contributed by atoms with van der Waals surface area (Å²) >= 11 is 0. The van der Waals surface area contributed by atoms with Gasteiger partial charge in [0, 0.05) is 18.9 Å². The third kappa shape index (κ3) is 3.83. The van der Waals surface area contributed by atoms with Crippen LogP contribution in [0, 0.1) is 0 Å². The van der Waals surface area contributed by atoms with Gasteiger partial charge >= 0.3 is 0 Å². The van der Waals surface area contributed by atoms with Crippen LogP contribution in [0.25, 0.3) is 0 Å². The zero-order valence-electron chi connectivity index (χ0n) is 13.9. The van der Waals surface area contributed by atoms with Gasteiger partial charge in [-0.2, -0.15) is 0 Å². The Labute approximate surface area is 146 Å². The standard InChI is InChI=1S/C20H19N3O2/c1-15(18-11-5-6-12-21-18)23(14-16-8-3-2-4-9-16)20(25)17-10-7-13-22-19(17)24/h2-13,15H,14H2,1H3,(H,22,24)/t15-/m1/s1. The molecule has 0 spiro atoms. The van der Waals surface area contributed by atoms with Gasteiger partial charge < -0.3 is 9.88 Å². The van der Waals surface area contributed by atoms with Gasteiger partial charge in [0.05, 0.1) is 11.7 Å². The van der Waals surface area contributed by atoms with Gasteiger partial charge in [0.2, 0.25) is 0 Å². The molecule has 0 saturated heterocycles. The van der Waals surface area contributed by atoms with Crippen LogP contribution in [-0.4, -0.2) is 20.8 Å². The number of benzene rings is 1. The first-order valence-corrected chi connectivity index (χ1v) is 8.10. The third-order valence-corrected chi connectivity index (χ3v) is 4.09. The average Bonchev–Trinajstić information content (AvgIpc) is 2.67. The molecule has 1 N–H and O–H groups in total. The zero-order valence-corrected chi connectivity index (χ0v) is 13.9. The maximum absolute atomic E-state index is 13.1. The molecule has 25 heavy (non-hydrogen) atoms. The summed E-state index contributed by atoms with van der Waals surface area (Å²) < 4.78 is 0. The van der Waals surface area contributed by atoms with Crippen molar-refractivity contribution in [2.24, 2.45) is 0 Å². The van der Waals surface area contributed by atoms with Crippen molar-refractivity contribution in [3.63, 3.8) is 0 Å². The molecule has 1 atom stereocenters. The first-order valence-electron chi connectivity index (χ1n) is 8.10. The van der Waals surface area contributed by atoms with Crippen molar-refractivity contribution in [2.75, 3.05) is 0 Å². The van der Waals surface area contributed by atoms with Crippen LogP contribution >= 0.6 is 0 Å². The lowest BCUT2D eigenvalue weighted by atomic mass is 10.1. The van der Waals surface area contributed by atoms with E-state index in [2.05, 4.69) is 9.97 Å². The monoisotopic (exact) mass is 333 g/mol. The highest BCUT2D eigenvalue weighted by Crippen LogP contribution is 2.22. The van der Waals surface area contributed by atoms with Crippen LogP contribution < -0.4 is 5.56 Å². The molecule has 2 heterocycles. The van der Waals surface area contributed by atoms with Crippen LogP contribution in [0.5, 0.6) is 0 Å². The summed E-state index contributed by atoms with van der Waals surface area (Å²) in [6.45, 7) is 2.31. The van der Waals surface area contributed by atoms with Gasteiger partial charge in [-0.05, 0) is 36.8 Å². The minimum absolute atomic E-state index is 0.126. The van der Waals surface area contributed by atoms with Crippen LogP contribution in [0.2, 0.25) is 0 Å². The first-order chi connectivity index (χ1) is 12.2. The van der Waals surface area contributed by atoms with Crippen molar-refractivity contribution in [3.05, 3.63) is 100 Å². The van der Waals surface area contributed by atoms with Gasteiger partial charge in [0.15, 0.2) is 0 Å². The molecule has 0 unspecified atom stereocenters. The van der Waals surface area contributed by atoms with Crippen LogP contribution in [0.1, 0.15) is 34.6 Å². The number of hydrogen-bond donors (Lipinski definition) is 1. The number of rotatable bonds is 5. The predicted molar refractivity (Wildman–Crippen MR) is 96.0 cm³/mol. The topological polar surface area (TPSA) is 66.1 Å². The summed E-state index contributed by atoms with van der Waals surface area (Å²) in [5.41, 5.74) is 1.50. The van der Waals surface area contributed by atoms with Gasteiger partial charge in [-0.1, -0.05) is 36.4 Å². The highest BCUT2D eigenvalue weighted by atomic mass is 16.2. The fourth-order valence-electron chi connectivity index (χ4n) is 2.69. The Bertz CT molecular complexity index is 891. The minimum atomic E-state index is -0.390.